The number of aryl methyl sites for hydroxylation is 1. The Labute approximate surface area is 376 Å². The smallest absolute Gasteiger partial charge is 0.385 e. The number of hydrogen-bond acceptors (Lipinski definition) is 10. The molecule has 3 aliphatic heterocycles. The van der Waals surface area contributed by atoms with Gasteiger partial charge < -0.3 is 15.5 Å². The fourth-order valence-electron chi connectivity index (χ4n) is 8.78. The predicted octanol–water partition coefficient (Wildman–Crippen LogP) is 9.47. The number of hydrogen-bond donors (Lipinski definition) is 2. The lowest BCUT2D eigenvalue weighted by atomic mass is 9.78. The zero-order chi connectivity index (χ0) is 46.4. The molecule has 2 N–H and O–H groups in total. The van der Waals surface area contributed by atoms with Gasteiger partial charge in [-0.1, -0.05) is 31.4 Å². The van der Waals surface area contributed by atoms with Crippen molar-refractivity contribution in [2.45, 2.75) is 76.0 Å². The summed E-state index contributed by atoms with van der Waals surface area (Å²) in [5.41, 5.74) is 0.508. The van der Waals surface area contributed by atoms with Gasteiger partial charge in [0.15, 0.2) is 16.7 Å². The molecule has 1 aromatic heterocycles. The first-order chi connectivity index (χ1) is 31.0. The van der Waals surface area contributed by atoms with E-state index in [-0.39, 0.29) is 58.5 Å². The molecule has 0 aliphatic carbocycles. The Morgan fingerprint density at radius 2 is 1.69 bits per heavy atom. The summed E-state index contributed by atoms with van der Waals surface area (Å²) in [6, 6.07) is 18.5. The van der Waals surface area contributed by atoms with Crippen LogP contribution in [0, 0.1) is 23.0 Å². The highest BCUT2D eigenvalue weighted by atomic mass is 32.1. The van der Waals surface area contributed by atoms with Crippen molar-refractivity contribution in [3.8, 4) is 6.07 Å². The Balaban J connectivity index is 0.818. The molecule has 4 heterocycles. The maximum atomic E-state index is 15.5. The summed E-state index contributed by atoms with van der Waals surface area (Å²) in [6.07, 6.45) is 0.687. The summed E-state index contributed by atoms with van der Waals surface area (Å²) in [7, 11) is 1.80. The monoisotopic (exact) mass is 907 g/mol. The van der Waals surface area contributed by atoms with Crippen LogP contribution < -0.4 is 20.4 Å². The summed E-state index contributed by atoms with van der Waals surface area (Å²) >= 11 is 5.55. The first kappa shape index (κ1) is 44.7. The van der Waals surface area contributed by atoms with Crippen LogP contribution in [0.4, 0.5) is 44.7 Å². The molecule has 12 nitrogen and oxygen atoms in total. The fraction of sp³-hybridized carbons (Fsp3) is 0.319. The minimum Gasteiger partial charge on any atom is -0.385 e. The van der Waals surface area contributed by atoms with E-state index in [0.717, 1.165) is 54.0 Å². The number of thiocarbonyl (C=S) groups is 1. The summed E-state index contributed by atoms with van der Waals surface area (Å²) in [4.78, 5) is 50.8. The van der Waals surface area contributed by atoms with Crippen LogP contribution in [-0.4, -0.2) is 61.7 Å². The molecule has 65 heavy (non-hydrogen) atoms. The van der Waals surface area contributed by atoms with Crippen LogP contribution in [0.5, 0.6) is 0 Å². The van der Waals surface area contributed by atoms with Crippen LogP contribution in [0.1, 0.15) is 113 Å². The van der Waals surface area contributed by atoms with Crippen molar-refractivity contribution in [1.82, 2.24) is 14.8 Å². The quantitative estimate of drug-likeness (QED) is 0.0478. The van der Waals surface area contributed by atoms with Gasteiger partial charge in [0, 0.05) is 48.2 Å². The molecule has 5 aromatic rings. The maximum Gasteiger partial charge on any atom is 0.417 e. The van der Waals surface area contributed by atoms with E-state index in [1.54, 1.807) is 11.7 Å². The third kappa shape index (κ3) is 8.48. The van der Waals surface area contributed by atoms with Gasteiger partial charge >= 0.3 is 6.18 Å². The van der Waals surface area contributed by atoms with Gasteiger partial charge in [-0.3, -0.25) is 29.0 Å². The number of unbranched alkanes of at least 4 members (excludes halogenated alkanes) is 4. The Kier molecular flexibility index (Phi) is 12.1. The predicted molar refractivity (Wildman–Crippen MR) is 238 cm³/mol. The molecule has 0 unspecified atom stereocenters. The van der Waals surface area contributed by atoms with Crippen molar-refractivity contribution in [3.05, 3.63) is 130 Å². The fourth-order valence-corrected chi connectivity index (χ4v) is 9.30. The highest BCUT2D eigenvalue weighted by Gasteiger charge is 2.51. The van der Waals surface area contributed by atoms with Crippen molar-refractivity contribution in [2.75, 3.05) is 33.5 Å². The highest BCUT2D eigenvalue weighted by molar-refractivity contribution is 7.81. The number of Topliss-reactive ketones (excluding diaryl/α,β-unsaturated/α-hetero) is 2. The van der Waals surface area contributed by atoms with Crippen LogP contribution in [0.3, 0.4) is 0 Å². The first-order valence-corrected chi connectivity index (χ1v) is 21.4. The summed E-state index contributed by atoms with van der Waals surface area (Å²) in [5, 5.41) is 20.2. The molecule has 8 rings (SSSR count). The summed E-state index contributed by atoms with van der Waals surface area (Å²) < 4.78 is 73.0. The van der Waals surface area contributed by atoms with Crippen LogP contribution in [-0.2, 0) is 18.0 Å². The zero-order valence-corrected chi connectivity index (χ0v) is 36.3. The number of nitrogens with zero attached hydrogens (tertiary/aromatic N) is 7. The topological polar surface area (TPSA) is 149 Å². The van der Waals surface area contributed by atoms with Crippen molar-refractivity contribution in [2.24, 2.45) is 12.0 Å². The number of aromatic nitrogens is 3. The molecule has 334 valence electrons. The van der Waals surface area contributed by atoms with Crippen LogP contribution >= 0.6 is 12.2 Å². The first-order valence-electron chi connectivity index (χ1n) is 21.0. The maximum absolute atomic E-state index is 15.5. The highest BCUT2D eigenvalue weighted by Crippen LogP contribution is 2.45. The number of nitrogens with one attached hydrogen (secondary N) is 2. The van der Waals surface area contributed by atoms with Crippen molar-refractivity contribution in [3.63, 3.8) is 0 Å². The number of amides is 1. The van der Waals surface area contributed by atoms with Crippen molar-refractivity contribution < 1.29 is 36.3 Å². The SMILES string of the molecule is Cn1ncnc1[C@H]1C2=NCC(=O)c3cc(F)cc(c32)N[C@@H]1c1ccc(NCCCCCCCC(=O)c2ccc(N3C(=S)N(c4ccc(C#N)c(C(F)(F)F)c4)C(=O)C3(C)C)cc2F)cc1. The normalized spacial score (nSPS) is 17.7. The Morgan fingerprint density at radius 1 is 0.969 bits per heavy atom. The molecule has 1 saturated heterocycles. The van der Waals surface area contributed by atoms with Gasteiger partial charge in [0.05, 0.1) is 46.1 Å². The largest absolute Gasteiger partial charge is 0.417 e. The number of ketones is 2. The summed E-state index contributed by atoms with van der Waals surface area (Å²) in [6.45, 7) is 3.65. The molecule has 4 aromatic carbocycles. The lowest BCUT2D eigenvalue weighted by Crippen LogP contribution is -2.44. The molecule has 2 atom stereocenters. The van der Waals surface area contributed by atoms with E-state index < -0.39 is 40.4 Å². The second kappa shape index (κ2) is 17.6. The number of benzene rings is 4. The van der Waals surface area contributed by atoms with Crippen LogP contribution in [0.25, 0.3) is 0 Å². The Bertz CT molecular complexity index is 2820. The van der Waals surface area contributed by atoms with Gasteiger partial charge in [0.1, 0.15) is 35.9 Å². The minimum absolute atomic E-state index is 0.0710. The van der Waals surface area contributed by atoms with Crippen molar-refractivity contribution >= 4 is 63.3 Å². The summed E-state index contributed by atoms with van der Waals surface area (Å²) in [5.74, 6) is -2.32. The van der Waals surface area contributed by atoms with E-state index in [1.807, 2.05) is 24.3 Å². The minimum atomic E-state index is -4.86. The van der Waals surface area contributed by atoms with E-state index in [0.29, 0.717) is 47.4 Å². The Hall–Kier alpha value is -6.87. The molecule has 3 aliphatic rings. The van der Waals surface area contributed by atoms with Gasteiger partial charge in [0.2, 0.25) is 0 Å². The second-order valence-corrected chi connectivity index (χ2v) is 17.0. The van der Waals surface area contributed by atoms with Gasteiger partial charge in [-0.05, 0) is 105 Å². The number of alkyl halides is 3. The average molecular weight is 908 g/mol. The van der Waals surface area contributed by atoms with E-state index in [2.05, 4.69) is 25.7 Å². The average Bonchev–Trinajstić information content (AvgIpc) is 3.77. The standard InChI is InChI=1S/C47H42F5N9O3S/c1-46(2)44(64)60(30-15-12-27(23-53)34(21-30)47(50,51)52)45(65)61(46)31-16-17-32(35(49)22-31)37(62)9-7-5-4-6-8-18-54-29-13-10-26(11-14-29)41-40(43-56-25-57-59(43)3)42-39-33(38(63)24-55-42)19-28(48)20-36(39)58-41/h10-17,19-22,25,40-41,54,58H,4-9,18,24H2,1-3H3/t40-,41-/m1/s1. The molecular weight excluding hydrogens is 866 g/mol. The van der Waals surface area contributed by atoms with E-state index >= 15 is 4.39 Å². The number of aliphatic imine (C=N–C) groups is 1. The lowest BCUT2D eigenvalue weighted by Gasteiger charge is -2.37. The molecule has 0 bridgehead atoms. The van der Waals surface area contributed by atoms with E-state index in [4.69, 9.17) is 12.2 Å². The van der Waals surface area contributed by atoms with E-state index in [9.17, 15) is 37.2 Å². The van der Waals surface area contributed by atoms with Gasteiger partial charge in [-0.2, -0.15) is 23.5 Å². The number of carbonyl (C=O) groups is 3. The number of rotatable bonds is 14. The molecular formula is C47H42F5N9O3S. The third-order valence-electron chi connectivity index (χ3n) is 12.1. The van der Waals surface area contributed by atoms with Crippen LogP contribution in [0.15, 0.2) is 84.1 Å². The van der Waals surface area contributed by atoms with Gasteiger partial charge in [-0.25, -0.2) is 13.8 Å². The second-order valence-electron chi connectivity index (χ2n) is 16.7. The molecule has 0 saturated carbocycles. The molecule has 1 amide bonds. The lowest BCUT2D eigenvalue weighted by molar-refractivity contribution is -0.137. The molecule has 0 radical (unpaired) electrons. The number of halogens is 5. The Morgan fingerprint density at radius 3 is 2.38 bits per heavy atom. The van der Waals surface area contributed by atoms with Gasteiger partial charge in [-0.15, -0.1) is 0 Å². The number of carbonyl (C=O) groups excluding carboxylic acids is 3. The molecule has 1 fully saturated rings. The van der Waals surface area contributed by atoms with Crippen LogP contribution in [0.2, 0.25) is 0 Å². The van der Waals surface area contributed by atoms with Crippen molar-refractivity contribution in [1.29, 1.82) is 5.26 Å². The zero-order valence-electron chi connectivity index (χ0n) is 35.5. The third-order valence-corrected chi connectivity index (χ3v) is 12.4. The van der Waals surface area contributed by atoms with E-state index in [1.165, 1.54) is 61.5 Å². The number of anilines is 4. The number of nitriles is 1. The molecule has 18 heteroatoms. The van der Waals surface area contributed by atoms with Gasteiger partial charge in [0.25, 0.3) is 5.91 Å². The molecule has 0 spiro atoms.